The second kappa shape index (κ2) is 11.3. The van der Waals surface area contributed by atoms with Crippen LogP contribution in [0.25, 0.3) is 11.0 Å². The quantitative estimate of drug-likeness (QED) is 0.339. The van der Waals surface area contributed by atoms with Crippen LogP contribution in [-0.4, -0.2) is 26.6 Å². The number of hydrogen-bond donors (Lipinski definition) is 2. The zero-order chi connectivity index (χ0) is 26.1. The van der Waals surface area contributed by atoms with Crippen LogP contribution in [0.2, 0.25) is 10.0 Å². The van der Waals surface area contributed by atoms with Crippen LogP contribution in [0.15, 0.2) is 30.3 Å². The van der Waals surface area contributed by atoms with Crippen molar-refractivity contribution in [3.05, 3.63) is 63.4 Å². The van der Waals surface area contributed by atoms with Gasteiger partial charge in [-0.25, -0.2) is 13.8 Å². The molecule has 1 heterocycles. The number of halogens is 4. The standard InChI is InChI=1S/C28H31Cl2F2N3O2/c29-19-12-11-17(13-20(19)30)26(36)27-34-23-14-21(31)22(32)15-24(23)35(27)25(16-7-3-1-4-8-16)28(37)33-18-9-5-2-6-10-18/h11-16,18,25-26,36H,1-10H2,(H,33,37). The Balaban J connectivity index is 1.65. The van der Waals surface area contributed by atoms with Gasteiger partial charge >= 0.3 is 0 Å². The number of rotatable bonds is 6. The maximum atomic E-state index is 14.5. The number of nitrogens with one attached hydrogen (secondary N) is 1. The Morgan fingerprint density at radius 3 is 2.27 bits per heavy atom. The molecule has 0 spiro atoms. The summed E-state index contributed by atoms with van der Waals surface area (Å²) in [5.74, 6) is -2.10. The van der Waals surface area contributed by atoms with Crippen molar-refractivity contribution in [2.75, 3.05) is 0 Å². The van der Waals surface area contributed by atoms with E-state index in [1.807, 2.05) is 0 Å². The molecule has 0 bridgehead atoms. The molecular formula is C28H31Cl2F2N3O2. The zero-order valence-corrected chi connectivity index (χ0v) is 22.0. The number of nitrogens with zero attached hydrogens (tertiary/aromatic N) is 2. The Labute approximate surface area is 225 Å². The van der Waals surface area contributed by atoms with Crippen molar-refractivity contribution in [3.63, 3.8) is 0 Å². The summed E-state index contributed by atoms with van der Waals surface area (Å²) in [6, 6.07) is 6.20. The van der Waals surface area contributed by atoms with Gasteiger partial charge in [0.15, 0.2) is 11.6 Å². The van der Waals surface area contributed by atoms with Crippen LogP contribution < -0.4 is 5.32 Å². The van der Waals surface area contributed by atoms with Crippen LogP contribution in [0, 0.1) is 17.6 Å². The average molecular weight is 550 g/mol. The van der Waals surface area contributed by atoms with Crippen molar-refractivity contribution >= 4 is 40.1 Å². The molecule has 37 heavy (non-hydrogen) atoms. The summed E-state index contributed by atoms with van der Waals surface area (Å²) in [6.45, 7) is 0. The van der Waals surface area contributed by atoms with Gasteiger partial charge in [-0.1, -0.05) is 67.8 Å². The minimum absolute atomic E-state index is 0.0254. The Morgan fingerprint density at radius 2 is 1.59 bits per heavy atom. The number of fused-ring (bicyclic) bond motifs is 1. The highest BCUT2D eigenvalue weighted by atomic mass is 35.5. The van der Waals surface area contributed by atoms with E-state index >= 15 is 0 Å². The van der Waals surface area contributed by atoms with E-state index in [0.29, 0.717) is 10.6 Å². The van der Waals surface area contributed by atoms with Gasteiger partial charge in [0.1, 0.15) is 18.0 Å². The normalized spacial score (nSPS) is 19.2. The van der Waals surface area contributed by atoms with E-state index in [2.05, 4.69) is 10.3 Å². The third-order valence-electron chi connectivity index (χ3n) is 7.86. The monoisotopic (exact) mass is 549 g/mol. The predicted octanol–water partition coefficient (Wildman–Crippen LogP) is 7.27. The number of carbonyl (C=O) groups is 1. The lowest BCUT2D eigenvalue weighted by atomic mass is 9.82. The predicted molar refractivity (Wildman–Crippen MR) is 141 cm³/mol. The summed E-state index contributed by atoms with van der Waals surface area (Å²) in [4.78, 5) is 18.5. The van der Waals surface area contributed by atoms with Gasteiger partial charge in [-0.15, -0.1) is 0 Å². The lowest BCUT2D eigenvalue weighted by molar-refractivity contribution is -0.127. The number of aromatic nitrogens is 2. The molecule has 2 aliphatic carbocycles. The van der Waals surface area contributed by atoms with Crippen LogP contribution >= 0.6 is 23.2 Å². The summed E-state index contributed by atoms with van der Waals surface area (Å²) in [7, 11) is 0. The van der Waals surface area contributed by atoms with E-state index in [4.69, 9.17) is 23.2 Å². The highest BCUT2D eigenvalue weighted by Gasteiger charge is 2.37. The molecule has 2 aliphatic rings. The number of benzene rings is 2. The molecule has 0 saturated heterocycles. The van der Waals surface area contributed by atoms with Crippen LogP contribution in [0.3, 0.4) is 0 Å². The van der Waals surface area contributed by atoms with E-state index in [1.54, 1.807) is 16.7 Å². The maximum absolute atomic E-state index is 14.5. The fourth-order valence-corrected chi connectivity index (χ4v) is 6.26. The van der Waals surface area contributed by atoms with Gasteiger partial charge in [0.25, 0.3) is 0 Å². The first-order chi connectivity index (χ1) is 17.8. The smallest absolute Gasteiger partial charge is 0.243 e. The minimum atomic E-state index is -1.29. The van der Waals surface area contributed by atoms with Gasteiger partial charge in [-0.2, -0.15) is 0 Å². The van der Waals surface area contributed by atoms with Crippen molar-refractivity contribution in [2.45, 2.75) is 82.4 Å². The number of hydrogen-bond acceptors (Lipinski definition) is 3. The maximum Gasteiger partial charge on any atom is 0.243 e. The SMILES string of the molecule is O=C(NC1CCCCC1)C(C1CCCCC1)n1c(C(O)c2ccc(Cl)c(Cl)c2)nc2cc(F)c(F)cc21. The average Bonchev–Trinajstić information content (AvgIpc) is 3.24. The molecular weight excluding hydrogens is 519 g/mol. The molecule has 198 valence electrons. The number of imidazole rings is 1. The minimum Gasteiger partial charge on any atom is -0.380 e. The third kappa shape index (κ3) is 5.50. The fraction of sp³-hybridized carbons (Fsp3) is 0.500. The summed E-state index contributed by atoms with van der Waals surface area (Å²) < 4.78 is 30.4. The number of aliphatic hydroxyl groups excluding tert-OH is 1. The van der Waals surface area contributed by atoms with E-state index in [-0.39, 0.29) is 39.7 Å². The molecule has 0 radical (unpaired) electrons. The van der Waals surface area contributed by atoms with Gasteiger partial charge in [0.05, 0.1) is 21.1 Å². The van der Waals surface area contributed by atoms with Gasteiger partial charge in [-0.05, 0) is 49.3 Å². The first-order valence-electron chi connectivity index (χ1n) is 13.1. The second-order valence-electron chi connectivity index (χ2n) is 10.4. The molecule has 5 rings (SSSR count). The third-order valence-corrected chi connectivity index (χ3v) is 8.60. The van der Waals surface area contributed by atoms with Gasteiger partial charge in [-0.3, -0.25) is 4.79 Å². The van der Waals surface area contributed by atoms with Crippen LogP contribution in [0.5, 0.6) is 0 Å². The van der Waals surface area contributed by atoms with Crippen LogP contribution in [0.4, 0.5) is 8.78 Å². The second-order valence-corrected chi connectivity index (χ2v) is 11.2. The van der Waals surface area contributed by atoms with E-state index in [1.165, 1.54) is 6.07 Å². The summed E-state index contributed by atoms with van der Waals surface area (Å²) in [6.07, 6.45) is 8.57. The number of aliphatic hydroxyl groups is 1. The first-order valence-corrected chi connectivity index (χ1v) is 13.9. The molecule has 2 saturated carbocycles. The number of amides is 1. The fourth-order valence-electron chi connectivity index (χ4n) is 5.95. The van der Waals surface area contributed by atoms with Crippen molar-refractivity contribution in [1.29, 1.82) is 0 Å². The molecule has 1 amide bonds. The first kappa shape index (κ1) is 26.4. The van der Waals surface area contributed by atoms with Gasteiger partial charge in [0, 0.05) is 18.2 Å². The highest BCUT2D eigenvalue weighted by molar-refractivity contribution is 6.42. The molecule has 9 heteroatoms. The van der Waals surface area contributed by atoms with Gasteiger partial charge < -0.3 is 15.0 Å². The lowest BCUT2D eigenvalue weighted by Gasteiger charge is -2.34. The summed E-state index contributed by atoms with van der Waals surface area (Å²) >= 11 is 12.3. The van der Waals surface area contributed by atoms with Crippen molar-refractivity contribution < 1.29 is 18.7 Å². The molecule has 2 N–H and O–H groups in total. The molecule has 3 aromatic rings. The summed E-state index contributed by atoms with van der Waals surface area (Å²) in [5.41, 5.74) is 0.878. The van der Waals surface area contributed by atoms with Crippen molar-refractivity contribution in [1.82, 2.24) is 14.9 Å². The van der Waals surface area contributed by atoms with Crippen molar-refractivity contribution in [3.8, 4) is 0 Å². The highest BCUT2D eigenvalue weighted by Crippen LogP contribution is 2.39. The Kier molecular flexibility index (Phi) is 8.03. The molecule has 0 aliphatic heterocycles. The Morgan fingerprint density at radius 1 is 0.946 bits per heavy atom. The Hall–Kier alpha value is -2.22. The molecule has 1 aromatic heterocycles. The zero-order valence-electron chi connectivity index (χ0n) is 20.5. The van der Waals surface area contributed by atoms with E-state index in [9.17, 15) is 18.7 Å². The summed E-state index contributed by atoms with van der Waals surface area (Å²) in [5, 5.41) is 15.3. The largest absolute Gasteiger partial charge is 0.380 e. The Bertz CT molecular complexity index is 1290. The lowest BCUT2D eigenvalue weighted by Crippen LogP contribution is -2.44. The molecule has 5 nitrogen and oxygen atoms in total. The van der Waals surface area contributed by atoms with Gasteiger partial charge in [0.2, 0.25) is 5.91 Å². The van der Waals surface area contributed by atoms with E-state index in [0.717, 1.165) is 76.3 Å². The topological polar surface area (TPSA) is 67.2 Å². The van der Waals surface area contributed by atoms with Crippen molar-refractivity contribution in [2.24, 2.45) is 5.92 Å². The molecule has 2 fully saturated rings. The van der Waals surface area contributed by atoms with Crippen LogP contribution in [-0.2, 0) is 4.79 Å². The molecule has 2 unspecified atom stereocenters. The number of carbonyl (C=O) groups excluding carboxylic acids is 1. The molecule has 2 atom stereocenters. The van der Waals surface area contributed by atoms with Crippen LogP contribution in [0.1, 0.15) is 87.7 Å². The molecule has 2 aromatic carbocycles. The van der Waals surface area contributed by atoms with E-state index < -0.39 is 23.8 Å².